The number of fused-ring (bicyclic) bond motifs is 1. The maximum atomic E-state index is 13.1. The molecule has 0 radical (unpaired) electrons. The lowest BCUT2D eigenvalue weighted by atomic mass is 10.0. The fraction of sp³-hybridized carbons (Fsp3) is 0.500. The first-order valence-electron chi connectivity index (χ1n) is 7.61. The van der Waals surface area contributed by atoms with E-state index in [-0.39, 0.29) is 43.0 Å². The van der Waals surface area contributed by atoms with E-state index in [0.717, 1.165) is 26.2 Å². The standard InChI is InChI=1S/C16H20FN3O2.ClH/c17-14-3-1-2-11(4-14)5-15(21)19-8-16(22)20-9-12-6-18-7-13(12)10-20;/h1-4,12-13,18H,5-10H2,(H,19,21);1H/t12-,13+;. The van der Waals surface area contributed by atoms with Gasteiger partial charge in [-0.05, 0) is 29.5 Å². The first kappa shape index (κ1) is 17.7. The number of carbonyl (C=O) groups is 2. The topological polar surface area (TPSA) is 61.4 Å². The van der Waals surface area contributed by atoms with Crippen LogP contribution in [0.1, 0.15) is 5.56 Å². The highest BCUT2D eigenvalue weighted by molar-refractivity contribution is 5.86. The van der Waals surface area contributed by atoms with Crippen LogP contribution in [0.4, 0.5) is 4.39 Å². The number of nitrogens with zero attached hydrogens (tertiary/aromatic N) is 1. The average molecular weight is 342 g/mol. The van der Waals surface area contributed by atoms with Gasteiger partial charge < -0.3 is 15.5 Å². The highest BCUT2D eigenvalue weighted by Gasteiger charge is 2.37. The third-order valence-corrected chi connectivity index (χ3v) is 4.43. The zero-order valence-electron chi connectivity index (χ0n) is 12.8. The quantitative estimate of drug-likeness (QED) is 0.842. The number of rotatable bonds is 4. The molecule has 0 aliphatic carbocycles. The first-order valence-corrected chi connectivity index (χ1v) is 7.61. The van der Waals surface area contributed by atoms with Crippen LogP contribution >= 0.6 is 12.4 Å². The van der Waals surface area contributed by atoms with E-state index in [1.165, 1.54) is 12.1 Å². The lowest BCUT2D eigenvalue weighted by molar-refractivity contribution is -0.132. The van der Waals surface area contributed by atoms with Crippen LogP contribution in [0.15, 0.2) is 24.3 Å². The largest absolute Gasteiger partial charge is 0.347 e. The molecule has 0 saturated carbocycles. The van der Waals surface area contributed by atoms with Crippen LogP contribution in [-0.4, -0.2) is 49.4 Å². The minimum absolute atomic E-state index is 0. The Morgan fingerprint density at radius 1 is 1.26 bits per heavy atom. The Bertz CT molecular complexity index is 572. The third-order valence-electron chi connectivity index (χ3n) is 4.43. The Hall–Kier alpha value is -1.66. The molecule has 2 aliphatic heterocycles. The van der Waals surface area contributed by atoms with Crippen LogP contribution in [0.25, 0.3) is 0 Å². The zero-order chi connectivity index (χ0) is 15.5. The fourth-order valence-corrected chi connectivity index (χ4v) is 3.24. The molecule has 2 atom stereocenters. The minimum Gasteiger partial charge on any atom is -0.347 e. The first-order chi connectivity index (χ1) is 10.6. The average Bonchev–Trinajstić information content (AvgIpc) is 3.06. The molecule has 0 bridgehead atoms. The highest BCUT2D eigenvalue weighted by atomic mass is 35.5. The molecular weight excluding hydrogens is 321 g/mol. The molecule has 0 unspecified atom stereocenters. The van der Waals surface area contributed by atoms with Gasteiger partial charge in [0, 0.05) is 26.2 Å². The second kappa shape index (κ2) is 7.75. The van der Waals surface area contributed by atoms with Crippen LogP contribution in [0.5, 0.6) is 0 Å². The summed E-state index contributed by atoms with van der Waals surface area (Å²) < 4.78 is 13.1. The minimum atomic E-state index is -0.362. The molecule has 126 valence electrons. The van der Waals surface area contributed by atoms with E-state index in [4.69, 9.17) is 0 Å². The number of carbonyl (C=O) groups excluding carboxylic acids is 2. The van der Waals surface area contributed by atoms with Crippen molar-refractivity contribution < 1.29 is 14.0 Å². The third kappa shape index (κ3) is 4.42. The molecule has 0 spiro atoms. The molecule has 23 heavy (non-hydrogen) atoms. The molecule has 2 fully saturated rings. The van der Waals surface area contributed by atoms with Crippen molar-refractivity contribution in [3.05, 3.63) is 35.6 Å². The fourth-order valence-electron chi connectivity index (χ4n) is 3.24. The maximum Gasteiger partial charge on any atom is 0.241 e. The van der Waals surface area contributed by atoms with Crippen LogP contribution in [-0.2, 0) is 16.0 Å². The van der Waals surface area contributed by atoms with Crippen molar-refractivity contribution in [1.29, 1.82) is 0 Å². The van der Waals surface area contributed by atoms with Crippen molar-refractivity contribution in [2.24, 2.45) is 11.8 Å². The zero-order valence-corrected chi connectivity index (χ0v) is 13.6. The van der Waals surface area contributed by atoms with Crippen LogP contribution in [0.2, 0.25) is 0 Å². The summed E-state index contributed by atoms with van der Waals surface area (Å²) in [6.45, 7) is 3.51. The van der Waals surface area contributed by atoms with Crippen molar-refractivity contribution in [2.75, 3.05) is 32.7 Å². The number of hydrogen-bond acceptors (Lipinski definition) is 3. The van der Waals surface area contributed by atoms with Gasteiger partial charge in [0.15, 0.2) is 0 Å². The SMILES string of the molecule is Cl.O=C(Cc1cccc(F)c1)NCC(=O)N1C[C@H]2CNC[C@H]2C1. The summed E-state index contributed by atoms with van der Waals surface area (Å²) in [5.41, 5.74) is 0.603. The molecule has 3 rings (SSSR count). The Balaban J connectivity index is 0.00000192. The number of benzene rings is 1. The molecule has 5 nitrogen and oxygen atoms in total. The molecule has 2 amide bonds. The lowest BCUT2D eigenvalue weighted by Gasteiger charge is -2.17. The smallest absolute Gasteiger partial charge is 0.241 e. The molecule has 2 N–H and O–H groups in total. The molecule has 7 heteroatoms. The van der Waals surface area contributed by atoms with Gasteiger partial charge in [-0.15, -0.1) is 12.4 Å². The summed E-state index contributed by atoms with van der Waals surface area (Å²) >= 11 is 0. The van der Waals surface area contributed by atoms with Crippen molar-refractivity contribution in [3.8, 4) is 0 Å². The number of hydrogen-bond donors (Lipinski definition) is 2. The monoisotopic (exact) mass is 341 g/mol. The van der Waals surface area contributed by atoms with Crippen molar-refractivity contribution >= 4 is 24.2 Å². The molecule has 2 aliphatic rings. The summed E-state index contributed by atoms with van der Waals surface area (Å²) in [5.74, 6) is 0.430. The molecule has 0 aromatic heterocycles. The van der Waals surface area contributed by atoms with E-state index in [2.05, 4.69) is 10.6 Å². The number of likely N-dealkylation sites (tertiary alicyclic amines) is 1. The van der Waals surface area contributed by atoms with Crippen LogP contribution in [0.3, 0.4) is 0 Å². The lowest BCUT2D eigenvalue weighted by Crippen LogP contribution is -2.40. The second-order valence-electron chi connectivity index (χ2n) is 6.06. The normalized spacial score (nSPS) is 22.4. The van der Waals surface area contributed by atoms with E-state index in [1.54, 1.807) is 12.1 Å². The Morgan fingerprint density at radius 2 is 1.96 bits per heavy atom. The van der Waals surface area contributed by atoms with Gasteiger partial charge in [0.1, 0.15) is 5.82 Å². The summed E-state index contributed by atoms with van der Waals surface area (Å²) in [7, 11) is 0. The van der Waals surface area contributed by atoms with Gasteiger partial charge >= 0.3 is 0 Å². The summed E-state index contributed by atoms with van der Waals surface area (Å²) in [4.78, 5) is 25.8. The molecule has 2 saturated heterocycles. The molecule has 2 heterocycles. The van der Waals surface area contributed by atoms with Gasteiger partial charge in [0.05, 0.1) is 13.0 Å². The van der Waals surface area contributed by atoms with Crippen molar-refractivity contribution in [2.45, 2.75) is 6.42 Å². The van der Waals surface area contributed by atoms with E-state index in [1.807, 2.05) is 4.90 Å². The van der Waals surface area contributed by atoms with E-state index < -0.39 is 0 Å². The van der Waals surface area contributed by atoms with E-state index >= 15 is 0 Å². The number of amides is 2. The summed E-state index contributed by atoms with van der Waals surface area (Å²) in [6.07, 6.45) is 0.0835. The Morgan fingerprint density at radius 3 is 2.61 bits per heavy atom. The predicted molar refractivity (Wildman–Crippen MR) is 86.8 cm³/mol. The Kier molecular flexibility index (Phi) is 5.96. The van der Waals surface area contributed by atoms with Gasteiger partial charge in [-0.25, -0.2) is 4.39 Å². The summed E-state index contributed by atoms with van der Waals surface area (Å²) in [5, 5.41) is 5.95. The van der Waals surface area contributed by atoms with Gasteiger partial charge in [-0.1, -0.05) is 12.1 Å². The van der Waals surface area contributed by atoms with Gasteiger partial charge in [0.25, 0.3) is 0 Å². The van der Waals surface area contributed by atoms with Gasteiger partial charge in [-0.3, -0.25) is 9.59 Å². The van der Waals surface area contributed by atoms with Crippen molar-refractivity contribution in [1.82, 2.24) is 15.5 Å². The number of nitrogens with one attached hydrogen (secondary N) is 2. The highest BCUT2D eigenvalue weighted by Crippen LogP contribution is 2.25. The molecule has 1 aromatic rings. The van der Waals surface area contributed by atoms with Gasteiger partial charge in [0.2, 0.25) is 11.8 Å². The van der Waals surface area contributed by atoms with E-state index in [9.17, 15) is 14.0 Å². The van der Waals surface area contributed by atoms with Crippen LogP contribution < -0.4 is 10.6 Å². The van der Waals surface area contributed by atoms with Crippen LogP contribution in [0, 0.1) is 17.7 Å². The van der Waals surface area contributed by atoms with Crippen molar-refractivity contribution in [3.63, 3.8) is 0 Å². The van der Waals surface area contributed by atoms with E-state index in [0.29, 0.717) is 17.4 Å². The molecular formula is C16H21ClFN3O2. The summed E-state index contributed by atoms with van der Waals surface area (Å²) in [6, 6.07) is 5.93. The second-order valence-corrected chi connectivity index (χ2v) is 6.06. The maximum absolute atomic E-state index is 13.1. The predicted octanol–water partition coefficient (Wildman–Crippen LogP) is 0.584. The Labute approximate surface area is 141 Å². The molecule has 1 aromatic carbocycles. The van der Waals surface area contributed by atoms with Gasteiger partial charge in [-0.2, -0.15) is 0 Å². The number of halogens is 2.